The number of nitrogens with zero attached hydrogens (tertiary/aromatic N) is 3. The van der Waals surface area contributed by atoms with E-state index in [4.69, 9.17) is 9.72 Å². The Kier molecular flexibility index (Phi) is 5.44. The first kappa shape index (κ1) is 19.9. The van der Waals surface area contributed by atoms with Gasteiger partial charge >= 0.3 is 0 Å². The summed E-state index contributed by atoms with van der Waals surface area (Å²) in [4.78, 5) is 31.9. The highest BCUT2D eigenvalue weighted by Crippen LogP contribution is 2.37. The minimum Gasteiger partial charge on any atom is -0.495 e. The maximum atomic E-state index is 12.9. The molecule has 30 heavy (non-hydrogen) atoms. The molecule has 1 N–H and O–H groups in total. The van der Waals surface area contributed by atoms with Crippen LogP contribution in [0.1, 0.15) is 32.0 Å². The zero-order valence-corrected chi connectivity index (χ0v) is 17.5. The van der Waals surface area contributed by atoms with Gasteiger partial charge in [-0.1, -0.05) is 24.3 Å². The first-order valence-electron chi connectivity index (χ1n) is 10.2. The van der Waals surface area contributed by atoms with Crippen LogP contribution in [0.5, 0.6) is 5.75 Å². The van der Waals surface area contributed by atoms with Gasteiger partial charge in [-0.25, -0.2) is 4.98 Å². The van der Waals surface area contributed by atoms with Crippen LogP contribution < -0.4 is 15.0 Å². The largest absolute Gasteiger partial charge is 0.495 e. The number of carbonyl (C=O) groups excluding carboxylic acids is 2. The van der Waals surface area contributed by atoms with Gasteiger partial charge in [-0.3, -0.25) is 9.59 Å². The van der Waals surface area contributed by atoms with Crippen LogP contribution in [-0.2, 0) is 16.1 Å². The number of para-hydroxylation sites is 4. The van der Waals surface area contributed by atoms with Gasteiger partial charge in [0.25, 0.3) is 0 Å². The molecule has 4 rings (SSSR count). The molecule has 7 heteroatoms. The second-order valence-corrected chi connectivity index (χ2v) is 7.84. The van der Waals surface area contributed by atoms with Crippen LogP contribution in [0.15, 0.2) is 48.5 Å². The van der Waals surface area contributed by atoms with E-state index < -0.39 is 0 Å². The smallest absolute Gasteiger partial charge is 0.240 e. The van der Waals surface area contributed by atoms with Gasteiger partial charge in [0.2, 0.25) is 11.8 Å². The molecule has 2 heterocycles. The summed E-state index contributed by atoms with van der Waals surface area (Å²) in [7, 11) is 1.60. The Hall–Kier alpha value is -3.35. The molecule has 2 amide bonds. The van der Waals surface area contributed by atoms with Gasteiger partial charge in [0.05, 0.1) is 23.8 Å². The number of imidazole rings is 1. The van der Waals surface area contributed by atoms with E-state index in [0.717, 1.165) is 22.5 Å². The summed E-state index contributed by atoms with van der Waals surface area (Å²) in [6.07, 6.45) is 0.340. The zero-order valence-electron chi connectivity index (χ0n) is 17.5. The third-order valence-electron chi connectivity index (χ3n) is 5.30. The lowest BCUT2D eigenvalue weighted by Crippen LogP contribution is -2.33. The zero-order chi connectivity index (χ0) is 21.3. The van der Waals surface area contributed by atoms with Crippen molar-refractivity contribution in [1.29, 1.82) is 0 Å². The molecule has 1 fully saturated rings. The van der Waals surface area contributed by atoms with Gasteiger partial charge in [0.15, 0.2) is 0 Å². The van der Waals surface area contributed by atoms with Gasteiger partial charge in [0.1, 0.15) is 18.1 Å². The van der Waals surface area contributed by atoms with E-state index in [-0.39, 0.29) is 30.3 Å². The predicted molar refractivity (Wildman–Crippen MR) is 116 cm³/mol. The van der Waals surface area contributed by atoms with Crippen molar-refractivity contribution >= 4 is 28.5 Å². The van der Waals surface area contributed by atoms with E-state index >= 15 is 0 Å². The minimum absolute atomic E-state index is 0.0229. The number of aromatic nitrogens is 2. The molecule has 1 aliphatic heterocycles. The second kappa shape index (κ2) is 8.18. The van der Waals surface area contributed by atoms with Gasteiger partial charge in [-0.2, -0.15) is 0 Å². The number of rotatable bonds is 6. The topological polar surface area (TPSA) is 76.5 Å². The number of hydrogen-bond donors (Lipinski definition) is 1. The third-order valence-corrected chi connectivity index (χ3v) is 5.30. The fourth-order valence-electron chi connectivity index (χ4n) is 4.05. The summed E-state index contributed by atoms with van der Waals surface area (Å²) in [5.74, 6) is 1.27. The minimum atomic E-state index is -0.110. The van der Waals surface area contributed by atoms with Crippen LogP contribution >= 0.6 is 0 Å². The maximum absolute atomic E-state index is 12.9. The lowest BCUT2D eigenvalue weighted by molar-refractivity contribution is -0.122. The standard InChI is InChI=1S/C23H26N4O3/c1-15(2)24-21(28)14-27-18-9-5-4-8-17(18)25-23(27)16-12-22(29)26(13-16)19-10-6-7-11-20(19)30-3/h4-11,15-16H,12-14H2,1-3H3,(H,24,28). The van der Waals surface area contributed by atoms with E-state index in [2.05, 4.69) is 5.32 Å². The van der Waals surface area contributed by atoms with Crippen LogP contribution in [-0.4, -0.2) is 41.1 Å². The monoisotopic (exact) mass is 406 g/mol. The molecular formula is C23H26N4O3. The molecule has 0 radical (unpaired) electrons. The maximum Gasteiger partial charge on any atom is 0.240 e. The molecule has 1 unspecified atom stereocenters. The number of carbonyl (C=O) groups is 2. The highest BCUT2D eigenvalue weighted by Gasteiger charge is 2.36. The fourth-order valence-corrected chi connectivity index (χ4v) is 4.05. The third kappa shape index (κ3) is 3.75. The summed E-state index contributed by atoms with van der Waals surface area (Å²) < 4.78 is 7.38. The summed E-state index contributed by atoms with van der Waals surface area (Å²) in [6.45, 7) is 4.54. The lowest BCUT2D eigenvalue weighted by Gasteiger charge is -2.20. The summed E-state index contributed by atoms with van der Waals surface area (Å²) in [5, 5.41) is 2.94. The van der Waals surface area contributed by atoms with Crippen molar-refractivity contribution in [1.82, 2.24) is 14.9 Å². The molecule has 0 aliphatic carbocycles. The normalized spacial score (nSPS) is 16.5. The Morgan fingerprint density at radius 2 is 1.93 bits per heavy atom. The molecule has 0 bridgehead atoms. The number of fused-ring (bicyclic) bond motifs is 1. The molecule has 1 saturated heterocycles. The van der Waals surface area contributed by atoms with Crippen LogP contribution in [0.2, 0.25) is 0 Å². The Bertz CT molecular complexity index is 1090. The Morgan fingerprint density at radius 3 is 2.70 bits per heavy atom. The number of ether oxygens (including phenoxy) is 1. The van der Waals surface area contributed by atoms with Gasteiger partial charge in [-0.15, -0.1) is 0 Å². The summed E-state index contributed by atoms with van der Waals surface area (Å²) >= 11 is 0. The van der Waals surface area contributed by atoms with Crippen molar-refractivity contribution in [3.8, 4) is 5.75 Å². The Morgan fingerprint density at radius 1 is 1.20 bits per heavy atom. The number of methoxy groups -OCH3 is 1. The molecule has 1 aliphatic rings. The first-order chi connectivity index (χ1) is 14.5. The molecule has 3 aromatic rings. The molecule has 1 atom stereocenters. The summed E-state index contributed by atoms with van der Waals surface area (Å²) in [6, 6.07) is 15.3. The first-order valence-corrected chi connectivity index (χ1v) is 10.2. The van der Waals surface area contributed by atoms with Crippen LogP contribution in [0.25, 0.3) is 11.0 Å². The highest BCUT2D eigenvalue weighted by molar-refractivity contribution is 5.98. The van der Waals surface area contributed by atoms with Gasteiger partial charge < -0.3 is 19.5 Å². The molecular weight excluding hydrogens is 380 g/mol. The molecule has 7 nitrogen and oxygen atoms in total. The van der Waals surface area contributed by atoms with Gasteiger partial charge in [-0.05, 0) is 38.1 Å². The quantitative estimate of drug-likeness (QED) is 0.683. The van der Waals surface area contributed by atoms with Crippen molar-refractivity contribution in [2.75, 3.05) is 18.6 Å². The van der Waals surface area contributed by atoms with E-state index in [1.165, 1.54) is 0 Å². The Balaban J connectivity index is 1.68. The van der Waals surface area contributed by atoms with Gasteiger partial charge in [0, 0.05) is 24.9 Å². The number of anilines is 1. The predicted octanol–water partition coefficient (Wildman–Crippen LogP) is 3.09. The van der Waals surface area contributed by atoms with Crippen molar-refractivity contribution in [2.24, 2.45) is 0 Å². The molecule has 0 spiro atoms. The SMILES string of the molecule is COc1ccccc1N1CC(c2nc3ccccc3n2CC(=O)NC(C)C)CC1=O. The van der Waals surface area contributed by atoms with Crippen molar-refractivity contribution in [3.05, 3.63) is 54.4 Å². The fraction of sp³-hybridized carbons (Fsp3) is 0.348. The van der Waals surface area contributed by atoms with E-state index in [1.54, 1.807) is 12.0 Å². The van der Waals surface area contributed by atoms with Crippen LogP contribution in [0, 0.1) is 0 Å². The molecule has 156 valence electrons. The number of amides is 2. The number of benzene rings is 2. The van der Waals surface area contributed by atoms with E-state index in [1.807, 2.05) is 66.9 Å². The van der Waals surface area contributed by atoms with Crippen LogP contribution in [0.4, 0.5) is 5.69 Å². The molecule has 0 saturated carbocycles. The summed E-state index contributed by atoms with van der Waals surface area (Å²) in [5.41, 5.74) is 2.48. The average molecular weight is 406 g/mol. The lowest BCUT2D eigenvalue weighted by atomic mass is 10.1. The highest BCUT2D eigenvalue weighted by atomic mass is 16.5. The van der Waals surface area contributed by atoms with Crippen LogP contribution in [0.3, 0.4) is 0 Å². The number of hydrogen-bond acceptors (Lipinski definition) is 4. The molecule has 2 aromatic carbocycles. The van der Waals surface area contributed by atoms with Crippen molar-refractivity contribution in [3.63, 3.8) is 0 Å². The molecule has 1 aromatic heterocycles. The van der Waals surface area contributed by atoms with E-state index in [0.29, 0.717) is 18.7 Å². The van der Waals surface area contributed by atoms with Crippen molar-refractivity contribution in [2.45, 2.75) is 38.8 Å². The Labute approximate surface area is 175 Å². The average Bonchev–Trinajstić information content (AvgIpc) is 3.28. The van der Waals surface area contributed by atoms with Crippen molar-refractivity contribution < 1.29 is 14.3 Å². The second-order valence-electron chi connectivity index (χ2n) is 7.84. The van der Waals surface area contributed by atoms with E-state index in [9.17, 15) is 9.59 Å². The number of nitrogens with one attached hydrogen (secondary N) is 1.